The van der Waals surface area contributed by atoms with Crippen molar-refractivity contribution in [1.29, 1.82) is 0 Å². The highest BCUT2D eigenvalue weighted by atomic mass is 14.3. The zero-order chi connectivity index (χ0) is 13.3. The average molecular weight is 240 g/mol. The lowest BCUT2D eigenvalue weighted by Gasteiger charge is -2.31. The van der Waals surface area contributed by atoms with Crippen LogP contribution < -0.4 is 0 Å². The summed E-state index contributed by atoms with van der Waals surface area (Å²) in [5, 5.41) is 0. The van der Waals surface area contributed by atoms with Crippen molar-refractivity contribution < 1.29 is 0 Å². The zero-order valence-corrected chi connectivity index (χ0v) is 13.3. The first kappa shape index (κ1) is 17.0. The first-order valence-corrected chi connectivity index (χ1v) is 8.01. The molecule has 1 atom stereocenters. The van der Waals surface area contributed by atoms with Crippen molar-refractivity contribution in [1.82, 2.24) is 0 Å². The molecule has 0 nitrogen and oxygen atoms in total. The van der Waals surface area contributed by atoms with Gasteiger partial charge in [-0.25, -0.2) is 0 Å². The van der Waals surface area contributed by atoms with Crippen LogP contribution in [-0.2, 0) is 0 Å². The summed E-state index contributed by atoms with van der Waals surface area (Å²) in [5.41, 5.74) is 0. The minimum absolute atomic E-state index is 0.889. The minimum Gasteiger partial charge on any atom is -0.0656 e. The molecule has 0 N–H and O–H groups in total. The molecule has 0 spiro atoms. The minimum atomic E-state index is 0.889. The van der Waals surface area contributed by atoms with Crippen molar-refractivity contribution in [2.75, 3.05) is 0 Å². The van der Waals surface area contributed by atoms with E-state index in [-0.39, 0.29) is 0 Å². The van der Waals surface area contributed by atoms with Crippen LogP contribution in [0.3, 0.4) is 0 Å². The Balaban J connectivity index is 0.000000770. The third-order valence-electron chi connectivity index (χ3n) is 4.06. The fourth-order valence-corrected chi connectivity index (χ4v) is 2.69. The lowest BCUT2D eigenvalue weighted by Crippen LogP contribution is -2.19. The van der Waals surface area contributed by atoms with Gasteiger partial charge in [0.25, 0.3) is 0 Å². The highest BCUT2D eigenvalue weighted by molar-refractivity contribution is 4.74. The Labute approximate surface area is 111 Å². The Hall–Kier alpha value is 0. The summed E-state index contributed by atoms with van der Waals surface area (Å²) in [6.07, 6.45) is 10.1. The van der Waals surface area contributed by atoms with Crippen LogP contribution in [0, 0.1) is 23.7 Å². The third kappa shape index (κ3) is 8.69. The van der Waals surface area contributed by atoms with E-state index in [1.165, 1.54) is 44.9 Å². The van der Waals surface area contributed by atoms with Gasteiger partial charge in [0.05, 0.1) is 0 Å². The van der Waals surface area contributed by atoms with Crippen LogP contribution in [0.15, 0.2) is 0 Å². The molecule has 0 aliphatic heterocycles. The van der Waals surface area contributed by atoms with Crippen molar-refractivity contribution in [2.45, 2.75) is 86.5 Å². The van der Waals surface area contributed by atoms with Crippen LogP contribution in [0.4, 0.5) is 0 Å². The summed E-state index contributed by atoms with van der Waals surface area (Å²) in [7, 11) is 0. The molecule has 0 amide bonds. The van der Waals surface area contributed by atoms with Gasteiger partial charge in [0.2, 0.25) is 0 Å². The standard InChI is InChI=1S/C14H28.C3H8/c1-11(2)5-8-13(4)14-9-6-12(3)7-10-14;1-3-2/h11-14H,5-10H2,1-4H3;3H2,1-2H3. The monoisotopic (exact) mass is 240 g/mol. The van der Waals surface area contributed by atoms with Crippen molar-refractivity contribution in [3.05, 3.63) is 0 Å². The van der Waals surface area contributed by atoms with Crippen LogP contribution >= 0.6 is 0 Å². The molecule has 1 saturated carbocycles. The highest BCUT2D eigenvalue weighted by Crippen LogP contribution is 2.35. The number of hydrogen-bond acceptors (Lipinski definition) is 0. The van der Waals surface area contributed by atoms with Crippen molar-refractivity contribution in [2.24, 2.45) is 23.7 Å². The fourth-order valence-electron chi connectivity index (χ4n) is 2.69. The van der Waals surface area contributed by atoms with E-state index < -0.39 is 0 Å². The first-order valence-electron chi connectivity index (χ1n) is 8.01. The topological polar surface area (TPSA) is 0 Å². The summed E-state index contributed by atoms with van der Waals surface area (Å²) in [5.74, 6) is 3.92. The van der Waals surface area contributed by atoms with Crippen LogP contribution in [0.5, 0.6) is 0 Å². The molecule has 104 valence electrons. The number of rotatable bonds is 4. The van der Waals surface area contributed by atoms with Crippen LogP contribution in [0.25, 0.3) is 0 Å². The molecule has 1 fully saturated rings. The average Bonchev–Trinajstić information content (AvgIpc) is 2.28. The van der Waals surface area contributed by atoms with Gasteiger partial charge >= 0.3 is 0 Å². The highest BCUT2D eigenvalue weighted by Gasteiger charge is 2.22. The van der Waals surface area contributed by atoms with Crippen molar-refractivity contribution in [3.63, 3.8) is 0 Å². The van der Waals surface area contributed by atoms with Gasteiger partial charge in [0.15, 0.2) is 0 Å². The Bertz CT molecular complexity index is 151. The van der Waals surface area contributed by atoms with E-state index in [4.69, 9.17) is 0 Å². The Morgan fingerprint density at radius 1 is 0.882 bits per heavy atom. The maximum atomic E-state index is 2.48. The summed E-state index contributed by atoms with van der Waals surface area (Å²) in [6, 6.07) is 0. The van der Waals surface area contributed by atoms with Gasteiger partial charge in [0, 0.05) is 0 Å². The van der Waals surface area contributed by atoms with Gasteiger partial charge in [-0.1, -0.05) is 73.6 Å². The van der Waals surface area contributed by atoms with Crippen molar-refractivity contribution in [3.8, 4) is 0 Å². The van der Waals surface area contributed by atoms with E-state index in [9.17, 15) is 0 Å². The molecule has 1 rings (SSSR count). The zero-order valence-electron chi connectivity index (χ0n) is 13.3. The van der Waals surface area contributed by atoms with E-state index in [0.717, 1.165) is 23.7 Å². The summed E-state index contributed by atoms with van der Waals surface area (Å²) < 4.78 is 0. The van der Waals surface area contributed by atoms with Crippen molar-refractivity contribution >= 4 is 0 Å². The third-order valence-corrected chi connectivity index (χ3v) is 4.06. The maximum Gasteiger partial charge on any atom is -0.0388 e. The molecule has 0 bridgehead atoms. The van der Waals surface area contributed by atoms with Gasteiger partial charge in [-0.3, -0.25) is 0 Å². The second kappa shape index (κ2) is 9.97. The van der Waals surface area contributed by atoms with Gasteiger partial charge in [-0.2, -0.15) is 0 Å². The van der Waals surface area contributed by atoms with Crippen LogP contribution in [0.1, 0.15) is 86.5 Å². The van der Waals surface area contributed by atoms with Crippen LogP contribution in [-0.4, -0.2) is 0 Å². The smallest absolute Gasteiger partial charge is 0.0388 e. The Kier molecular flexibility index (Phi) is 9.97. The van der Waals surface area contributed by atoms with Gasteiger partial charge < -0.3 is 0 Å². The molecule has 0 aromatic carbocycles. The first-order chi connectivity index (χ1) is 8.01. The van der Waals surface area contributed by atoms with E-state index in [2.05, 4.69) is 41.5 Å². The van der Waals surface area contributed by atoms with Gasteiger partial charge in [-0.15, -0.1) is 0 Å². The summed E-state index contributed by atoms with van der Waals surface area (Å²) in [4.78, 5) is 0. The van der Waals surface area contributed by atoms with E-state index in [1.54, 1.807) is 0 Å². The molecule has 0 aromatic rings. The molecule has 1 aliphatic rings. The Morgan fingerprint density at radius 2 is 1.35 bits per heavy atom. The van der Waals surface area contributed by atoms with E-state index in [0.29, 0.717) is 0 Å². The normalized spacial score (nSPS) is 26.3. The molecule has 1 aliphatic carbocycles. The molecular formula is C17H36. The molecule has 1 unspecified atom stereocenters. The fraction of sp³-hybridized carbons (Fsp3) is 1.00. The molecule has 0 saturated heterocycles. The lowest BCUT2D eigenvalue weighted by atomic mass is 9.75. The summed E-state index contributed by atoms with van der Waals surface area (Å²) >= 11 is 0. The second-order valence-corrected chi connectivity index (χ2v) is 6.68. The SMILES string of the molecule is CC(C)CCC(C)C1CCC(C)CC1.CCC. The molecule has 0 radical (unpaired) electrons. The van der Waals surface area contributed by atoms with Gasteiger partial charge in [0.1, 0.15) is 0 Å². The predicted molar refractivity (Wildman–Crippen MR) is 80.3 cm³/mol. The summed E-state index contributed by atoms with van der Waals surface area (Å²) in [6.45, 7) is 13.8. The van der Waals surface area contributed by atoms with Crippen LogP contribution in [0.2, 0.25) is 0 Å². The quantitative estimate of drug-likeness (QED) is 0.541. The molecule has 0 aromatic heterocycles. The Morgan fingerprint density at radius 3 is 1.76 bits per heavy atom. The molecule has 0 heteroatoms. The largest absolute Gasteiger partial charge is 0.0656 e. The maximum absolute atomic E-state index is 2.48. The molecular weight excluding hydrogens is 204 g/mol. The van der Waals surface area contributed by atoms with E-state index >= 15 is 0 Å². The molecule has 17 heavy (non-hydrogen) atoms. The lowest BCUT2D eigenvalue weighted by molar-refractivity contribution is 0.209. The second-order valence-electron chi connectivity index (χ2n) is 6.68. The van der Waals surface area contributed by atoms with E-state index in [1.807, 2.05) is 0 Å². The predicted octanol–water partition coefficient (Wildman–Crippen LogP) is 6.30. The molecule has 0 heterocycles. The number of hydrogen-bond donors (Lipinski definition) is 0. The van der Waals surface area contributed by atoms with Gasteiger partial charge in [-0.05, 0) is 36.5 Å².